The van der Waals surface area contributed by atoms with Gasteiger partial charge in [-0.2, -0.15) is 0 Å². The van der Waals surface area contributed by atoms with Crippen LogP contribution in [0.2, 0.25) is 0 Å². The summed E-state index contributed by atoms with van der Waals surface area (Å²) in [4.78, 5) is 0. The van der Waals surface area contributed by atoms with E-state index in [9.17, 15) is 5.21 Å². The smallest absolute Gasteiger partial charge is 0.137 e. The Labute approximate surface area is 93.1 Å². The summed E-state index contributed by atoms with van der Waals surface area (Å²) in [6.45, 7) is 0. The summed E-state index contributed by atoms with van der Waals surface area (Å²) in [6.07, 6.45) is 0. The minimum atomic E-state index is 0.753. The van der Waals surface area contributed by atoms with Gasteiger partial charge in [-0.25, -0.2) is 0 Å². The maximum absolute atomic E-state index is 11.0. The lowest BCUT2D eigenvalue weighted by Crippen LogP contribution is -2.70. The van der Waals surface area contributed by atoms with Crippen LogP contribution in [0.25, 0.3) is 21.5 Å². The van der Waals surface area contributed by atoms with Crippen molar-refractivity contribution in [2.24, 2.45) is 0 Å². The number of rotatable bonds is 1. The van der Waals surface area contributed by atoms with Crippen LogP contribution in [0.3, 0.4) is 0 Å². The monoisotopic (exact) mass is 209 g/mol. The van der Waals surface area contributed by atoms with E-state index in [-0.39, 0.29) is 0 Å². The Hall–Kier alpha value is -1.90. The van der Waals surface area contributed by atoms with Gasteiger partial charge < -0.3 is 10.7 Å². The van der Waals surface area contributed by atoms with Gasteiger partial charge in [-0.15, -0.1) is 0 Å². The van der Waals surface area contributed by atoms with E-state index >= 15 is 0 Å². The lowest BCUT2D eigenvalue weighted by molar-refractivity contribution is -0.495. The van der Waals surface area contributed by atoms with Crippen molar-refractivity contribution in [1.82, 2.24) is 0 Å². The second-order valence-corrected chi connectivity index (χ2v) is 3.89. The third-order valence-electron chi connectivity index (χ3n) is 2.91. The van der Waals surface area contributed by atoms with Crippen LogP contribution in [0.4, 0.5) is 5.69 Å². The van der Waals surface area contributed by atoms with Gasteiger partial charge in [0.1, 0.15) is 5.69 Å². The average Bonchev–Trinajstić information content (AvgIpc) is 2.35. The molecule has 78 valence electrons. The molecule has 3 aromatic carbocycles. The summed E-state index contributed by atoms with van der Waals surface area (Å²) in [5.74, 6) is 0. The highest BCUT2D eigenvalue weighted by Gasteiger charge is 2.02. The van der Waals surface area contributed by atoms with Crippen molar-refractivity contribution in [2.45, 2.75) is 0 Å². The lowest BCUT2D eigenvalue weighted by Gasteiger charge is -2.07. The number of fused-ring (bicyclic) bond motifs is 2. The number of quaternary nitrogens is 1. The van der Waals surface area contributed by atoms with Gasteiger partial charge in [-0.1, -0.05) is 36.4 Å². The van der Waals surface area contributed by atoms with E-state index in [4.69, 9.17) is 0 Å². The zero-order valence-corrected chi connectivity index (χ0v) is 8.68. The molecule has 2 N–H and O–H groups in total. The second-order valence-electron chi connectivity index (χ2n) is 3.89. The molecule has 16 heavy (non-hydrogen) atoms. The Kier molecular flexibility index (Phi) is 2.10. The minimum Gasteiger partial charge on any atom is -0.630 e. The molecule has 2 nitrogen and oxygen atoms in total. The highest BCUT2D eigenvalue weighted by atomic mass is 16.5. The van der Waals surface area contributed by atoms with Gasteiger partial charge in [-0.3, -0.25) is 0 Å². The van der Waals surface area contributed by atoms with Crippen LogP contribution in [0.5, 0.6) is 0 Å². The molecule has 0 aliphatic rings. The lowest BCUT2D eigenvalue weighted by atomic mass is 10.0. The van der Waals surface area contributed by atoms with Crippen molar-refractivity contribution >= 4 is 27.2 Å². The predicted molar refractivity (Wildman–Crippen MR) is 66.4 cm³/mol. The Morgan fingerprint density at radius 2 is 1.44 bits per heavy atom. The summed E-state index contributed by atoms with van der Waals surface area (Å²) in [6, 6.07) is 18.2. The van der Waals surface area contributed by atoms with Gasteiger partial charge in [0, 0.05) is 5.39 Å². The first-order valence-corrected chi connectivity index (χ1v) is 5.25. The summed E-state index contributed by atoms with van der Waals surface area (Å²) >= 11 is 0. The van der Waals surface area contributed by atoms with Crippen LogP contribution < -0.4 is 5.48 Å². The maximum atomic E-state index is 11.0. The largest absolute Gasteiger partial charge is 0.630 e. The van der Waals surface area contributed by atoms with Crippen molar-refractivity contribution < 1.29 is 5.48 Å². The van der Waals surface area contributed by atoms with E-state index in [2.05, 4.69) is 24.3 Å². The standard InChI is InChI=1S/C14H11NO/c16-15-14-7-3-6-12-8-10-4-1-2-5-11(10)9-13(12)14/h1-9H,15H2. The molecule has 0 aromatic heterocycles. The molecular weight excluding hydrogens is 198 g/mol. The summed E-state index contributed by atoms with van der Waals surface area (Å²) in [7, 11) is 0. The summed E-state index contributed by atoms with van der Waals surface area (Å²) in [5.41, 5.74) is 1.67. The molecule has 0 atom stereocenters. The van der Waals surface area contributed by atoms with Crippen LogP contribution in [0.1, 0.15) is 0 Å². The quantitative estimate of drug-likeness (QED) is 0.373. The average molecular weight is 209 g/mol. The fourth-order valence-corrected chi connectivity index (χ4v) is 2.09. The Bertz CT molecular complexity index is 661. The molecule has 0 fully saturated rings. The Morgan fingerprint density at radius 3 is 2.19 bits per heavy atom. The molecule has 0 saturated carbocycles. The SMILES string of the molecule is [O-][NH2+]c1cccc2cc3ccccc3cc12. The first-order chi connectivity index (χ1) is 7.88. The fraction of sp³-hybridized carbons (Fsp3) is 0. The van der Waals surface area contributed by atoms with Crippen LogP contribution in [-0.2, 0) is 0 Å². The predicted octanol–water partition coefficient (Wildman–Crippen LogP) is 2.69. The van der Waals surface area contributed by atoms with Crippen LogP contribution in [0.15, 0.2) is 54.6 Å². The van der Waals surface area contributed by atoms with Crippen LogP contribution >= 0.6 is 0 Å². The maximum Gasteiger partial charge on any atom is 0.137 e. The molecule has 2 heteroatoms. The summed E-state index contributed by atoms with van der Waals surface area (Å²) in [5, 5.41) is 15.5. The molecule has 0 saturated heterocycles. The van der Waals surface area contributed by atoms with Gasteiger partial charge in [0.25, 0.3) is 0 Å². The molecule has 0 aliphatic carbocycles. The fourth-order valence-electron chi connectivity index (χ4n) is 2.09. The van der Waals surface area contributed by atoms with E-state index in [0.29, 0.717) is 0 Å². The first kappa shape index (κ1) is 9.33. The molecule has 3 rings (SSSR count). The third-order valence-corrected chi connectivity index (χ3v) is 2.91. The molecule has 0 unspecified atom stereocenters. The molecule has 0 radical (unpaired) electrons. The van der Waals surface area contributed by atoms with E-state index in [1.165, 1.54) is 10.8 Å². The topological polar surface area (TPSA) is 39.7 Å². The van der Waals surface area contributed by atoms with Gasteiger partial charge in [0.05, 0.1) is 0 Å². The van der Waals surface area contributed by atoms with Gasteiger partial charge in [0.2, 0.25) is 0 Å². The zero-order chi connectivity index (χ0) is 11.0. The Morgan fingerprint density at radius 1 is 0.750 bits per heavy atom. The van der Waals surface area contributed by atoms with Crippen LogP contribution in [-0.4, -0.2) is 0 Å². The van der Waals surface area contributed by atoms with Crippen molar-refractivity contribution in [2.75, 3.05) is 0 Å². The number of benzene rings is 3. The van der Waals surface area contributed by atoms with E-state index in [1.807, 2.05) is 30.3 Å². The molecule has 0 amide bonds. The number of nitrogens with two attached hydrogens (primary N) is 1. The molecule has 0 aliphatic heterocycles. The second kappa shape index (κ2) is 3.59. The van der Waals surface area contributed by atoms with Gasteiger partial charge >= 0.3 is 0 Å². The first-order valence-electron chi connectivity index (χ1n) is 5.25. The highest BCUT2D eigenvalue weighted by molar-refractivity contribution is 6.01. The normalized spacial score (nSPS) is 11.1. The third kappa shape index (κ3) is 1.36. The Balaban J connectivity index is 2.46. The van der Waals surface area contributed by atoms with Gasteiger partial charge in [0.15, 0.2) is 0 Å². The van der Waals surface area contributed by atoms with E-state index in [0.717, 1.165) is 21.9 Å². The van der Waals surface area contributed by atoms with Crippen molar-refractivity contribution in [1.29, 1.82) is 0 Å². The van der Waals surface area contributed by atoms with E-state index < -0.39 is 0 Å². The van der Waals surface area contributed by atoms with Crippen molar-refractivity contribution in [3.8, 4) is 0 Å². The van der Waals surface area contributed by atoms with Crippen molar-refractivity contribution in [3.05, 3.63) is 59.8 Å². The van der Waals surface area contributed by atoms with Crippen molar-refractivity contribution in [3.63, 3.8) is 0 Å². The molecule has 3 aromatic rings. The molecular formula is C14H11NO. The number of hydrogen-bond donors (Lipinski definition) is 1. The highest BCUT2D eigenvalue weighted by Crippen LogP contribution is 2.25. The molecule has 0 spiro atoms. The summed E-state index contributed by atoms with van der Waals surface area (Å²) < 4.78 is 0. The van der Waals surface area contributed by atoms with E-state index in [1.54, 1.807) is 0 Å². The molecule has 0 bridgehead atoms. The minimum absolute atomic E-state index is 0.753. The van der Waals surface area contributed by atoms with Gasteiger partial charge in [-0.05, 0) is 34.4 Å². The van der Waals surface area contributed by atoms with Crippen LogP contribution in [0, 0.1) is 5.21 Å². The zero-order valence-electron chi connectivity index (χ0n) is 8.68. The number of hydrogen-bond acceptors (Lipinski definition) is 1. The molecule has 0 heterocycles.